The average Bonchev–Trinajstić information content (AvgIpc) is 3.17. The summed E-state index contributed by atoms with van der Waals surface area (Å²) >= 11 is 0. The molecule has 0 heterocycles. The topological polar surface area (TPSA) is 0 Å². The Labute approximate surface area is 250 Å². The maximum absolute atomic E-state index is 2.52. The van der Waals surface area contributed by atoms with Crippen molar-refractivity contribution < 1.29 is 0 Å². The summed E-state index contributed by atoms with van der Waals surface area (Å²) in [4.78, 5) is 0. The second-order valence-corrected chi connectivity index (χ2v) is 16.4. The predicted octanol–water partition coefficient (Wildman–Crippen LogP) is 11.2. The molecule has 5 rings (SSSR count). The number of rotatable bonds is 2. The van der Waals surface area contributed by atoms with E-state index in [0.717, 1.165) is 0 Å². The van der Waals surface area contributed by atoms with Crippen molar-refractivity contribution in [3.8, 4) is 11.1 Å². The highest BCUT2D eigenvalue weighted by molar-refractivity contribution is 5.87. The van der Waals surface area contributed by atoms with Crippen LogP contribution in [0.5, 0.6) is 0 Å². The molecular weight excluding hydrogens is 492 g/mol. The molecule has 1 aliphatic carbocycles. The minimum absolute atomic E-state index is 0.0539. The van der Waals surface area contributed by atoms with Gasteiger partial charge in [-0.25, -0.2) is 0 Å². The van der Waals surface area contributed by atoms with Gasteiger partial charge in [-0.15, -0.1) is 0 Å². The Hall–Kier alpha value is -3.12. The molecule has 0 amide bonds. The summed E-state index contributed by atoms with van der Waals surface area (Å²) in [7, 11) is 0. The molecule has 4 aromatic carbocycles. The Kier molecular flexibility index (Phi) is 6.77. The molecule has 4 aromatic rings. The van der Waals surface area contributed by atoms with Crippen molar-refractivity contribution in [3.63, 3.8) is 0 Å². The molecule has 0 radical (unpaired) electrons. The fraction of sp³-hybridized carbons (Fsp3) is 0.415. The molecule has 0 saturated carbocycles. The van der Waals surface area contributed by atoms with Crippen LogP contribution < -0.4 is 0 Å². The van der Waals surface area contributed by atoms with Crippen LogP contribution in [0.4, 0.5) is 0 Å². The van der Waals surface area contributed by atoms with E-state index >= 15 is 0 Å². The zero-order valence-corrected chi connectivity index (χ0v) is 27.6. The normalized spacial score (nSPS) is 15.0. The van der Waals surface area contributed by atoms with Gasteiger partial charge in [0.1, 0.15) is 0 Å². The van der Waals surface area contributed by atoms with Gasteiger partial charge in [0, 0.05) is 0 Å². The van der Waals surface area contributed by atoms with E-state index in [4.69, 9.17) is 0 Å². The molecule has 0 nitrogen and oxygen atoms in total. The second-order valence-electron chi connectivity index (χ2n) is 16.4. The maximum atomic E-state index is 2.52. The van der Waals surface area contributed by atoms with Crippen molar-refractivity contribution >= 4 is 0 Å². The summed E-state index contributed by atoms with van der Waals surface area (Å²) in [6.45, 7) is 27.8. The first-order valence-electron chi connectivity index (χ1n) is 15.4. The van der Waals surface area contributed by atoms with Gasteiger partial charge in [-0.2, -0.15) is 0 Å². The molecule has 0 N–H and O–H groups in total. The van der Waals surface area contributed by atoms with Crippen molar-refractivity contribution in [2.45, 2.75) is 110 Å². The highest BCUT2D eigenvalue weighted by atomic mass is 14.5. The molecule has 0 saturated heterocycles. The Morgan fingerprint density at radius 3 is 0.878 bits per heavy atom. The summed E-state index contributed by atoms with van der Waals surface area (Å²) in [6.07, 6.45) is 0. The highest BCUT2D eigenvalue weighted by Gasteiger charge is 2.47. The van der Waals surface area contributed by atoms with Crippen LogP contribution in [0.3, 0.4) is 0 Å². The quantitative estimate of drug-likeness (QED) is 0.208. The lowest BCUT2D eigenvalue weighted by molar-refractivity contribution is 0.583. The van der Waals surface area contributed by atoms with E-state index in [-0.39, 0.29) is 21.7 Å². The van der Waals surface area contributed by atoms with Gasteiger partial charge in [0.05, 0.1) is 5.41 Å². The van der Waals surface area contributed by atoms with Crippen molar-refractivity contribution in [2.75, 3.05) is 0 Å². The van der Waals surface area contributed by atoms with E-state index in [9.17, 15) is 0 Å². The molecule has 214 valence electrons. The number of fused-ring (bicyclic) bond motifs is 3. The van der Waals surface area contributed by atoms with E-state index in [2.05, 4.69) is 168 Å². The third-order valence-corrected chi connectivity index (χ3v) is 9.24. The minimum Gasteiger partial charge on any atom is -0.0582 e. The minimum atomic E-state index is -0.403. The summed E-state index contributed by atoms with van der Waals surface area (Å²) in [6, 6.07) is 33.6. The number of benzene rings is 4. The highest BCUT2D eigenvalue weighted by Crippen LogP contribution is 2.57. The van der Waals surface area contributed by atoms with E-state index in [1.54, 1.807) is 0 Å². The lowest BCUT2D eigenvalue weighted by Crippen LogP contribution is -2.30. The fourth-order valence-corrected chi connectivity index (χ4v) is 6.49. The van der Waals surface area contributed by atoms with Crippen molar-refractivity contribution in [2.24, 2.45) is 0 Å². The molecule has 0 heteroatoms. The molecule has 0 fully saturated rings. The van der Waals surface area contributed by atoms with Gasteiger partial charge in [-0.3, -0.25) is 0 Å². The molecule has 0 bridgehead atoms. The third-order valence-electron chi connectivity index (χ3n) is 9.24. The predicted molar refractivity (Wildman–Crippen MR) is 179 cm³/mol. The molecule has 1 aliphatic rings. The van der Waals surface area contributed by atoms with Gasteiger partial charge < -0.3 is 0 Å². The largest absolute Gasteiger partial charge is 0.0713 e. The first-order valence-corrected chi connectivity index (χ1v) is 15.4. The zero-order chi connectivity index (χ0) is 30.2. The summed E-state index contributed by atoms with van der Waals surface area (Å²) in [5.41, 5.74) is 13.6. The average molecular weight is 543 g/mol. The van der Waals surface area contributed by atoms with Crippen LogP contribution >= 0.6 is 0 Å². The first kappa shape index (κ1) is 29.4. The van der Waals surface area contributed by atoms with E-state index in [1.165, 1.54) is 55.6 Å². The Morgan fingerprint density at radius 1 is 0.341 bits per heavy atom. The van der Waals surface area contributed by atoms with Crippen molar-refractivity contribution in [1.29, 1.82) is 0 Å². The fourth-order valence-electron chi connectivity index (χ4n) is 6.49. The van der Waals surface area contributed by atoms with Crippen LogP contribution in [0.2, 0.25) is 0 Å². The smallest absolute Gasteiger partial charge is 0.0582 e. The first-order chi connectivity index (χ1) is 18.8. The zero-order valence-electron chi connectivity index (χ0n) is 27.6. The van der Waals surface area contributed by atoms with Crippen LogP contribution in [0.25, 0.3) is 11.1 Å². The standard InChI is InChI=1S/C41H50/c1-37(2,3)27-13-17-29(18-14-27)41(30-19-15-28(16-20-30)38(4,5)6)35-25-31(39(7,8)9)21-23-33(35)34-24-22-32(26-36(34)41)40(10,11)12/h13-26H,1-12H3. The second kappa shape index (κ2) is 9.45. The lowest BCUT2D eigenvalue weighted by Gasteiger charge is -2.36. The molecule has 0 unspecified atom stereocenters. The lowest BCUT2D eigenvalue weighted by atomic mass is 9.65. The van der Waals surface area contributed by atoms with Gasteiger partial charge in [-0.1, -0.05) is 168 Å². The van der Waals surface area contributed by atoms with Gasteiger partial charge in [0.2, 0.25) is 0 Å². The van der Waals surface area contributed by atoms with Crippen LogP contribution in [-0.2, 0) is 27.1 Å². The molecule has 0 aliphatic heterocycles. The van der Waals surface area contributed by atoms with Crippen LogP contribution in [0.15, 0.2) is 84.9 Å². The van der Waals surface area contributed by atoms with E-state index in [1.807, 2.05) is 0 Å². The summed E-state index contributed by atoms with van der Waals surface area (Å²) < 4.78 is 0. The Balaban J connectivity index is 1.93. The number of hydrogen-bond donors (Lipinski definition) is 0. The summed E-state index contributed by atoms with van der Waals surface area (Å²) in [5, 5.41) is 0. The van der Waals surface area contributed by atoms with E-state index < -0.39 is 5.41 Å². The molecule has 0 spiro atoms. The molecule has 41 heavy (non-hydrogen) atoms. The van der Waals surface area contributed by atoms with Gasteiger partial charge in [0.25, 0.3) is 0 Å². The Bertz CT molecular complexity index is 1440. The van der Waals surface area contributed by atoms with Crippen molar-refractivity contribution in [3.05, 3.63) is 129 Å². The maximum Gasteiger partial charge on any atom is 0.0713 e. The number of hydrogen-bond acceptors (Lipinski definition) is 0. The Morgan fingerprint density at radius 2 is 0.610 bits per heavy atom. The van der Waals surface area contributed by atoms with Gasteiger partial charge >= 0.3 is 0 Å². The molecular formula is C41H50. The van der Waals surface area contributed by atoms with Gasteiger partial charge in [0.15, 0.2) is 0 Å². The molecule has 0 aromatic heterocycles. The van der Waals surface area contributed by atoms with Crippen LogP contribution in [-0.4, -0.2) is 0 Å². The van der Waals surface area contributed by atoms with Crippen molar-refractivity contribution in [1.82, 2.24) is 0 Å². The van der Waals surface area contributed by atoms with Crippen LogP contribution in [0, 0.1) is 0 Å². The van der Waals surface area contributed by atoms with E-state index in [0.29, 0.717) is 0 Å². The third kappa shape index (κ3) is 4.98. The SMILES string of the molecule is CC(C)(C)c1ccc(C2(c3ccc(C(C)(C)C)cc3)c3cc(C(C)(C)C)ccc3-c3ccc(C(C)(C)C)cc32)cc1. The van der Waals surface area contributed by atoms with Crippen LogP contribution in [0.1, 0.15) is 128 Å². The molecule has 0 atom stereocenters. The monoisotopic (exact) mass is 542 g/mol. The summed E-state index contributed by atoms with van der Waals surface area (Å²) in [5.74, 6) is 0. The van der Waals surface area contributed by atoms with Gasteiger partial charge in [-0.05, 0) is 77.3 Å².